The van der Waals surface area contributed by atoms with Crippen LogP contribution in [-0.2, 0) is 13.2 Å². The Morgan fingerprint density at radius 2 is 1.73 bits per heavy atom. The highest BCUT2D eigenvalue weighted by Crippen LogP contribution is 2.21. The maximum absolute atomic E-state index is 9.08. The number of aliphatic hydroxyl groups is 2. The third kappa shape index (κ3) is 1.93. The predicted octanol–water partition coefficient (Wildman–Crippen LogP) is 1.67. The summed E-state index contributed by atoms with van der Waals surface area (Å²) in [7, 11) is 0. The number of rotatable bonds is 3. The van der Waals surface area contributed by atoms with E-state index in [-0.39, 0.29) is 13.2 Å². The molecule has 15 heavy (non-hydrogen) atoms. The Morgan fingerprint density at radius 1 is 1.00 bits per heavy atom. The number of aromatic nitrogens is 1. The van der Waals surface area contributed by atoms with Crippen LogP contribution >= 0.6 is 0 Å². The topological polar surface area (TPSA) is 56.2 Å². The van der Waals surface area contributed by atoms with Gasteiger partial charge in [0, 0.05) is 17.0 Å². The Bertz CT molecular complexity index is 413. The van der Waals surface area contributed by atoms with Gasteiger partial charge >= 0.3 is 0 Å². The quantitative estimate of drug-likeness (QED) is 0.710. The Hall–Kier alpha value is -1.58. The molecule has 0 fully saturated rings. The van der Waals surface area contributed by atoms with Crippen molar-refractivity contribution >= 4 is 0 Å². The summed E-state index contributed by atoms with van der Waals surface area (Å²) >= 11 is 0. The number of H-pyrrole nitrogens is 1. The van der Waals surface area contributed by atoms with Gasteiger partial charge in [-0.25, -0.2) is 0 Å². The van der Waals surface area contributed by atoms with E-state index in [2.05, 4.69) is 4.98 Å². The number of aromatic amines is 1. The van der Waals surface area contributed by atoms with E-state index in [1.165, 1.54) is 0 Å². The van der Waals surface area contributed by atoms with Crippen molar-refractivity contribution in [3.05, 3.63) is 47.7 Å². The van der Waals surface area contributed by atoms with Crippen molar-refractivity contribution in [2.24, 2.45) is 0 Å². The van der Waals surface area contributed by atoms with E-state index < -0.39 is 0 Å². The molecular formula is C12H13NO2. The molecule has 0 aliphatic heterocycles. The maximum Gasteiger partial charge on any atom is 0.0834 e. The van der Waals surface area contributed by atoms with Crippen LogP contribution in [-0.4, -0.2) is 15.2 Å². The highest BCUT2D eigenvalue weighted by molar-refractivity contribution is 5.61. The molecule has 1 aromatic carbocycles. The summed E-state index contributed by atoms with van der Waals surface area (Å²) in [5.74, 6) is 0. The first-order valence-electron chi connectivity index (χ1n) is 4.83. The lowest BCUT2D eigenvalue weighted by Crippen LogP contribution is -1.89. The molecule has 3 heteroatoms. The Morgan fingerprint density at radius 3 is 2.27 bits per heavy atom. The number of benzene rings is 1. The molecule has 0 saturated carbocycles. The summed E-state index contributed by atoms with van der Waals surface area (Å²) < 4.78 is 0. The van der Waals surface area contributed by atoms with Crippen LogP contribution in [0.15, 0.2) is 36.4 Å². The Kier molecular flexibility index (Phi) is 2.85. The first-order chi connectivity index (χ1) is 7.35. The van der Waals surface area contributed by atoms with Crippen LogP contribution in [0.2, 0.25) is 0 Å². The molecule has 2 aromatic rings. The van der Waals surface area contributed by atoms with E-state index in [9.17, 15) is 0 Å². The average molecular weight is 203 g/mol. The lowest BCUT2D eigenvalue weighted by molar-refractivity contribution is 0.257. The zero-order chi connectivity index (χ0) is 10.7. The molecule has 3 N–H and O–H groups in total. The van der Waals surface area contributed by atoms with Crippen LogP contribution in [0.4, 0.5) is 0 Å². The van der Waals surface area contributed by atoms with Gasteiger partial charge in [-0.05, 0) is 11.6 Å². The van der Waals surface area contributed by atoms with Gasteiger partial charge in [0.25, 0.3) is 0 Å². The molecule has 1 aromatic heterocycles. The molecule has 3 nitrogen and oxygen atoms in total. The summed E-state index contributed by atoms with van der Waals surface area (Å²) in [5, 5.41) is 18.1. The Balaban J connectivity index is 2.42. The van der Waals surface area contributed by atoms with Gasteiger partial charge in [-0.3, -0.25) is 0 Å². The molecule has 0 amide bonds. The second-order valence-corrected chi connectivity index (χ2v) is 3.37. The fraction of sp³-hybridized carbons (Fsp3) is 0.167. The summed E-state index contributed by atoms with van der Waals surface area (Å²) in [5.41, 5.74) is 3.39. The number of hydrogen-bond donors (Lipinski definition) is 3. The molecule has 78 valence electrons. The zero-order valence-electron chi connectivity index (χ0n) is 8.27. The van der Waals surface area contributed by atoms with Crippen molar-refractivity contribution in [3.63, 3.8) is 0 Å². The SMILES string of the molecule is OCc1cc(-c2ccccc2)[nH]c1CO. The van der Waals surface area contributed by atoms with Crippen molar-refractivity contribution in [2.75, 3.05) is 0 Å². The standard InChI is InChI=1S/C12H13NO2/c14-7-10-6-11(13-12(10)8-15)9-4-2-1-3-5-9/h1-6,13-15H,7-8H2. The molecular weight excluding hydrogens is 190 g/mol. The van der Waals surface area contributed by atoms with Crippen LogP contribution < -0.4 is 0 Å². The first kappa shape index (κ1) is 9.96. The predicted molar refractivity (Wildman–Crippen MR) is 58.1 cm³/mol. The van der Waals surface area contributed by atoms with E-state index in [4.69, 9.17) is 10.2 Å². The van der Waals surface area contributed by atoms with Gasteiger partial charge in [0.1, 0.15) is 0 Å². The van der Waals surface area contributed by atoms with Gasteiger partial charge in [-0.2, -0.15) is 0 Å². The third-order valence-corrected chi connectivity index (χ3v) is 2.40. The minimum atomic E-state index is -0.0806. The fourth-order valence-electron chi connectivity index (χ4n) is 1.60. The molecule has 0 bridgehead atoms. The van der Waals surface area contributed by atoms with Crippen LogP contribution in [0, 0.1) is 0 Å². The smallest absolute Gasteiger partial charge is 0.0834 e. The summed E-state index contributed by atoms with van der Waals surface area (Å²) in [6.45, 7) is -0.137. The molecule has 0 aliphatic carbocycles. The van der Waals surface area contributed by atoms with E-state index in [0.717, 1.165) is 16.8 Å². The number of hydrogen-bond acceptors (Lipinski definition) is 2. The lowest BCUT2D eigenvalue weighted by Gasteiger charge is -1.96. The van der Waals surface area contributed by atoms with Crippen molar-refractivity contribution < 1.29 is 10.2 Å². The lowest BCUT2D eigenvalue weighted by atomic mass is 10.1. The average Bonchev–Trinajstić information content (AvgIpc) is 2.73. The minimum absolute atomic E-state index is 0.0563. The van der Waals surface area contributed by atoms with E-state index in [1.807, 2.05) is 36.4 Å². The van der Waals surface area contributed by atoms with Gasteiger partial charge in [0.2, 0.25) is 0 Å². The molecule has 2 rings (SSSR count). The molecule has 0 radical (unpaired) electrons. The maximum atomic E-state index is 9.08. The third-order valence-electron chi connectivity index (χ3n) is 2.40. The second kappa shape index (κ2) is 4.29. The normalized spacial score (nSPS) is 10.5. The number of aliphatic hydroxyl groups excluding tert-OH is 2. The zero-order valence-corrected chi connectivity index (χ0v) is 8.27. The van der Waals surface area contributed by atoms with Crippen molar-refractivity contribution in [1.29, 1.82) is 0 Å². The van der Waals surface area contributed by atoms with E-state index >= 15 is 0 Å². The van der Waals surface area contributed by atoms with Gasteiger partial charge in [0.05, 0.1) is 13.2 Å². The van der Waals surface area contributed by atoms with E-state index in [0.29, 0.717) is 5.69 Å². The van der Waals surface area contributed by atoms with Crippen molar-refractivity contribution in [1.82, 2.24) is 4.98 Å². The first-order valence-corrected chi connectivity index (χ1v) is 4.83. The van der Waals surface area contributed by atoms with Crippen LogP contribution in [0.3, 0.4) is 0 Å². The minimum Gasteiger partial charge on any atom is -0.392 e. The number of nitrogens with one attached hydrogen (secondary N) is 1. The van der Waals surface area contributed by atoms with Gasteiger partial charge in [-0.1, -0.05) is 30.3 Å². The van der Waals surface area contributed by atoms with E-state index in [1.54, 1.807) is 0 Å². The highest BCUT2D eigenvalue weighted by atomic mass is 16.3. The van der Waals surface area contributed by atoms with Crippen molar-refractivity contribution in [2.45, 2.75) is 13.2 Å². The molecule has 0 aliphatic rings. The fourth-order valence-corrected chi connectivity index (χ4v) is 1.60. The second-order valence-electron chi connectivity index (χ2n) is 3.37. The van der Waals surface area contributed by atoms with Gasteiger partial charge in [0.15, 0.2) is 0 Å². The largest absolute Gasteiger partial charge is 0.392 e. The van der Waals surface area contributed by atoms with Crippen molar-refractivity contribution in [3.8, 4) is 11.3 Å². The molecule has 0 saturated heterocycles. The van der Waals surface area contributed by atoms with Crippen LogP contribution in [0.5, 0.6) is 0 Å². The molecule has 0 unspecified atom stereocenters. The monoisotopic (exact) mass is 203 g/mol. The van der Waals surface area contributed by atoms with Crippen LogP contribution in [0.1, 0.15) is 11.3 Å². The highest BCUT2D eigenvalue weighted by Gasteiger charge is 2.07. The summed E-state index contributed by atoms with van der Waals surface area (Å²) in [4.78, 5) is 3.09. The molecule has 1 heterocycles. The van der Waals surface area contributed by atoms with Crippen LogP contribution in [0.25, 0.3) is 11.3 Å². The van der Waals surface area contributed by atoms with Gasteiger partial charge < -0.3 is 15.2 Å². The summed E-state index contributed by atoms with van der Waals surface area (Å²) in [6, 6.07) is 11.7. The summed E-state index contributed by atoms with van der Waals surface area (Å²) in [6.07, 6.45) is 0. The van der Waals surface area contributed by atoms with Gasteiger partial charge in [-0.15, -0.1) is 0 Å². The Labute approximate surface area is 88.0 Å². The molecule has 0 spiro atoms. The molecule has 0 atom stereocenters.